The molecule has 1 atom stereocenters. The van der Waals surface area contributed by atoms with Crippen molar-refractivity contribution in [3.8, 4) is 0 Å². The van der Waals surface area contributed by atoms with Crippen molar-refractivity contribution in [2.24, 2.45) is 5.92 Å². The van der Waals surface area contributed by atoms with Crippen LogP contribution in [-0.2, 0) is 19.4 Å². The van der Waals surface area contributed by atoms with Gasteiger partial charge in [0, 0.05) is 28.3 Å². The molecule has 0 aromatic rings. The average molecular weight is 472 g/mol. The number of nitrogens with one attached hydrogen (secondary N) is 2. The van der Waals surface area contributed by atoms with E-state index in [-0.39, 0.29) is 18.9 Å². The number of rotatable bonds is 11. The molecule has 0 rings (SSSR count). The highest BCUT2D eigenvalue weighted by Crippen LogP contribution is 2.22. The van der Waals surface area contributed by atoms with Crippen LogP contribution in [0.2, 0.25) is 0 Å². The summed E-state index contributed by atoms with van der Waals surface area (Å²) in [6.07, 6.45) is 3.03. The fraction of sp³-hybridized carbons (Fsp3) is 0.688. The molecule has 0 aromatic heterocycles. The summed E-state index contributed by atoms with van der Waals surface area (Å²) < 4.78 is 28.8. The third kappa shape index (κ3) is 8.48. The largest absolute Gasteiger partial charge is 0.464 e. The van der Waals surface area contributed by atoms with Crippen molar-refractivity contribution < 1.29 is 17.9 Å². The lowest BCUT2D eigenvalue weighted by atomic mass is 10.1. The molecule has 0 amide bonds. The van der Waals surface area contributed by atoms with Crippen LogP contribution in [-0.4, -0.2) is 45.1 Å². The lowest BCUT2D eigenvalue weighted by Crippen LogP contribution is -2.46. The Morgan fingerprint density at radius 1 is 1.42 bits per heavy atom. The smallest absolute Gasteiger partial charge is 0.327 e. The van der Waals surface area contributed by atoms with Crippen molar-refractivity contribution in [1.29, 1.82) is 0 Å². The van der Waals surface area contributed by atoms with E-state index in [1.165, 1.54) is 6.92 Å². The Morgan fingerprint density at radius 3 is 2.46 bits per heavy atom. The van der Waals surface area contributed by atoms with Crippen LogP contribution in [0.4, 0.5) is 0 Å². The summed E-state index contributed by atoms with van der Waals surface area (Å²) in [6.45, 7) is 12.1. The molecule has 0 saturated carbocycles. The molecule has 6 nitrogen and oxygen atoms in total. The van der Waals surface area contributed by atoms with Gasteiger partial charge in [-0.05, 0) is 55.3 Å². The predicted molar refractivity (Wildman–Crippen MR) is 107 cm³/mol. The molecule has 8 heteroatoms. The zero-order chi connectivity index (χ0) is 19.0. The number of hydrogen-bond acceptors (Lipinski definition) is 6. The molecular weight excluding hydrogens is 443 g/mol. The number of ether oxygens (including phenoxy) is 1. The SMILES string of the molecule is C=C(CNCC[C@](C)(C(=O)OCC(C)C)S(C)(=O)=O)N/C=C(\C)I. The second-order valence-corrected chi connectivity index (χ2v) is 10.5. The van der Waals surface area contributed by atoms with Crippen molar-refractivity contribution in [2.75, 3.05) is 26.0 Å². The van der Waals surface area contributed by atoms with Crippen molar-refractivity contribution in [1.82, 2.24) is 10.6 Å². The first kappa shape index (κ1) is 23.4. The van der Waals surface area contributed by atoms with Crippen LogP contribution < -0.4 is 10.6 Å². The molecule has 2 N–H and O–H groups in total. The highest BCUT2D eigenvalue weighted by atomic mass is 127. The van der Waals surface area contributed by atoms with Gasteiger partial charge in [0.25, 0.3) is 0 Å². The number of allylic oxidation sites excluding steroid dienone is 1. The molecule has 0 spiro atoms. The molecule has 0 aliphatic heterocycles. The van der Waals surface area contributed by atoms with Gasteiger partial charge in [-0.15, -0.1) is 0 Å². The van der Waals surface area contributed by atoms with E-state index < -0.39 is 20.6 Å². The first-order chi connectivity index (χ1) is 10.9. The lowest BCUT2D eigenvalue weighted by molar-refractivity contribution is -0.147. The third-order valence-electron chi connectivity index (χ3n) is 3.39. The van der Waals surface area contributed by atoms with Crippen LogP contribution in [0.3, 0.4) is 0 Å². The highest BCUT2D eigenvalue weighted by molar-refractivity contribution is 14.1. The molecule has 140 valence electrons. The number of sulfone groups is 1. The molecule has 0 aromatic carbocycles. The summed E-state index contributed by atoms with van der Waals surface area (Å²) in [5.41, 5.74) is 0.759. The monoisotopic (exact) mass is 472 g/mol. The van der Waals surface area contributed by atoms with Gasteiger partial charge in [-0.25, -0.2) is 8.42 Å². The van der Waals surface area contributed by atoms with E-state index >= 15 is 0 Å². The topological polar surface area (TPSA) is 84.5 Å². The summed E-state index contributed by atoms with van der Waals surface area (Å²) in [5, 5.41) is 6.12. The standard InChI is InChI=1S/C16H29IN2O4S/c1-12(2)11-23-15(20)16(5,24(6,21)22)7-8-18-10-14(4)19-9-13(3)17/h9,12,18-19H,4,7-8,10-11H2,1-3,5-6H3/b13-9+/t16-/m1/s1. The molecular formula is C16H29IN2O4S. The van der Waals surface area contributed by atoms with Gasteiger partial charge >= 0.3 is 5.97 Å². The van der Waals surface area contributed by atoms with E-state index in [0.29, 0.717) is 13.1 Å². The maximum Gasteiger partial charge on any atom is 0.327 e. The summed E-state index contributed by atoms with van der Waals surface area (Å²) in [6, 6.07) is 0. The van der Waals surface area contributed by atoms with E-state index in [4.69, 9.17) is 4.74 Å². The van der Waals surface area contributed by atoms with Gasteiger partial charge in [-0.1, -0.05) is 20.4 Å². The van der Waals surface area contributed by atoms with Gasteiger partial charge < -0.3 is 15.4 Å². The minimum Gasteiger partial charge on any atom is -0.464 e. The van der Waals surface area contributed by atoms with E-state index in [1.807, 2.05) is 27.0 Å². The van der Waals surface area contributed by atoms with Crippen molar-refractivity contribution >= 4 is 38.4 Å². The Morgan fingerprint density at radius 2 is 2.00 bits per heavy atom. The summed E-state index contributed by atoms with van der Waals surface area (Å²) >= 11 is 2.18. The fourth-order valence-electron chi connectivity index (χ4n) is 1.65. The van der Waals surface area contributed by atoms with Gasteiger partial charge in [0.15, 0.2) is 14.6 Å². The van der Waals surface area contributed by atoms with Crippen molar-refractivity contribution in [3.05, 3.63) is 22.1 Å². The van der Waals surface area contributed by atoms with Crippen molar-refractivity contribution in [2.45, 2.75) is 38.9 Å². The van der Waals surface area contributed by atoms with E-state index in [1.54, 1.807) is 0 Å². The van der Waals surface area contributed by atoms with Gasteiger partial charge in [0.05, 0.1) is 6.61 Å². The number of esters is 1. The molecule has 24 heavy (non-hydrogen) atoms. The lowest BCUT2D eigenvalue weighted by Gasteiger charge is -2.26. The van der Waals surface area contributed by atoms with E-state index in [0.717, 1.165) is 15.5 Å². The minimum absolute atomic E-state index is 0.136. The van der Waals surface area contributed by atoms with E-state index in [9.17, 15) is 13.2 Å². The Labute approximate surface area is 159 Å². The summed E-state index contributed by atoms with van der Waals surface area (Å²) in [4.78, 5) is 12.3. The summed E-state index contributed by atoms with van der Waals surface area (Å²) in [5.74, 6) is -0.541. The molecule has 0 heterocycles. The van der Waals surface area contributed by atoms with Crippen LogP contribution in [0.15, 0.2) is 22.1 Å². The Kier molecular flexibility index (Phi) is 10.1. The zero-order valence-corrected chi connectivity index (χ0v) is 18.1. The quantitative estimate of drug-likeness (QED) is 0.273. The normalized spacial score (nSPS) is 15.0. The van der Waals surface area contributed by atoms with Gasteiger partial charge in [-0.2, -0.15) is 0 Å². The minimum atomic E-state index is -3.60. The predicted octanol–water partition coefficient (Wildman–Crippen LogP) is 2.37. The molecule has 0 fully saturated rings. The summed E-state index contributed by atoms with van der Waals surface area (Å²) in [7, 11) is -3.60. The average Bonchev–Trinajstić information content (AvgIpc) is 2.45. The van der Waals surface area contributed by atoms with Gasteiger partial charge in [0.2, 0.25) is 0 Å². The van der Waals surface area contributed by atoms with E-state index in [2.05, 4.69) is 39.8 Å². The zero-order valence-electron chi connectivity index (χ0n) is 15.1. The Bertz CT molecular complexity index is 569. The highest BCUT2D eigenvalue weighted by Gasteiger charge is 2.44. The molecule has 0 bridgehead atoms. The van der Waals surface area contributed by atoms with Crippen LogP contribution in [0.25, 0.3) is 0 Å². The van der Waals surface area contributed by atoms with Crippen LogP contribution in [0, 0.1) is 5.92 Å². The van der Waals surface area contributed by atoms with Crippen molar-refractivity contribution in [3.63, 3.8) is 0 Å². The maximum atomic E-state index is 12.3. The molecule has 0 saturated heterocycles. The van der Waals surface area contributed by atoms with Gasteiger partial charge in [-0.3, -0.25) is 4.79 Å². The number of carbonyl (C=O) groups is 1. The number of carbonyl (C=O) groups excluding carboxylic acids is 1. The Balaban J connectivity index is 4.63. The second kappa shape index (κ2) is 10.4. The van der Waals surface area contributed by atoms with Gasteiger partial charge in [0.1, 0.15) is 0 Å². The molecule has 0 aliphatic carbocycles. The first-order valence-corrected chi connectivity index (χ1v) is 10.7. The molecule has 0 radical (unpaired) electrons. The second-order valence-electron chi connectivity index (χ2n) is 6.40. The van der Waals surface area contributed by atoms with Crippen LogP contribution in [0.5, 0.6) is 0 Å². The Hall–Kier alpha value is -0.610. The fourth-order valence-corrected chi connectivity index (χ4v) is 2.64. The third-order valence-corrected chi connectivity index (χ3v) is 5.71. The maximum absolute atomic E-state index is 12.3. The first-order valence-electron chi connectivity index (χ1n) is 7.74. The molecule has 0 unspecified atom stereocenters. The number of halogens is 1. The van der Waals surface area contributed by atoms with Crippen LogP contribution in [0.1, 0.15) is 34.1 Å². The van der Waals surface area contributed by atoms with Crippen LogP contribution >= 0.6 is 22.6 Å². The number of hydrogen-bond donors (Lipinski definition) is 2. The molecule has 0 aliphatic rings.